The van der Waals surface area contributed by atoms with E-state index < -0.39 is 11.7 Å². The Bertz CT molecular complexity index is 1180. The van der Waals surface area contributed by atoms with Crippen LogP contribution in [0.25, 0.3) is 16.6 Å². The van der Waals surface area contributed by atoms with Crippen LogP contribution in [0.3, 0.4) is 0 Å². The molecular weight excluding hydrogens is 352 g/mol. The summed E-state index contributed by atoms with van der Waals surface area (Å²) in [6.45, 7) is 0.573. The molecule has 1 atom stereocenters. The topological polar surface area (TPSA) is 80.4 Å². The summed E-state index contributed by atoms with van der Waals surface area (Å²) < 4.78 is 31.6. The van der Waals surface area contributed by atoms with Crippen LogP contribution >= 0.6 is 0 Å². The number of aromatic nitrogens is 5. The van der Waals surface area contributed by atoms with Gasteiger partial charge in [0, 0.05) is 29.9 Å². The summed E-state index contributed by atoms with van der Waals surface area (Å²) in [5.41, 5.74) is 4.18. The largest absolute Gasteiger partial charge is 0.333 e. The average Bonchev–Trinajstić information content (AvgIpc) is 3.37. The standard InChI is InChI=1S/C18H13F2N7/c19-18(20,13-3-4-14-11(8-13)2-1-7-21-14)17-25-24-16-6-5-15(26-27(16)17)12-9-22-23-10-12/h1-9,12,23H,10H2. The van der Waals surface area contributed by atoms with Crippen molar-refractivity contribution in [2.24, 2.45) is 5.10 Å². The number of hydrogen-bond acceptors (Lipinski definition) is 6. The van der Waals surface area contributed by atoms with Crippen LogP contribution in [0.2, 0.25) is 0 Å². The highest BCUT2D eigenvalue weighted by molar-refractivity contribution is 5.79. The number of alkyl halides is 2. The molecule has 0 fully saturated rings. The van der Waals surface area contributed by atoms with Crippen LogP contribution in [-0.4, -0.2) is 37.6 Å². The SMILES string of the molecule is FC(F)(c1ccc2ncccc2c1)c1nnc2ccc(C3C=NNC3)nn12. The van der Waals surface area contributed by atoms with Crippen LogP contribution in [0.15, 0.2) is 53.8 Å². The maximum atomic E-state index is 15.3. The molecule has 4 aromatic rings. The molecule has 4 heterocycles. The van der Waals surface area contributed by atoms with Crippen LogP contribution in [0, 0.1) is 0 Å². The smallest absolute Gasteiger partial charge is 0.309 e. The van der Waals surface area contributed by atoms with Gasteiger partial charge in [-0.25, -0.2) is 0 Å². The first-order valence-electron chi connectivity index (χ1n) is 8.35. The Balaban J connectivity index is 1.63. The molecule has 134 valence electrons. The van der Waals surface area contributed by atoms with E-state index in [9.17, 15) is 0 Å². The summed E-state index contributed by atoms with van der Waals surface area (Å²) in [4.78, 5) is 4.16. The van der Waals surface area contributed by atoms with Crippen molar-refractivity contribution in [3.8, 4) is 0 Å². The molecule has 0 amide bonds. The quantitative estimate of drug-likeness (QED) is 0.603. The number of halogens is 2. The van der Waals surface area contributed by atoms with Gasteiger partial charge in [0.2, 0.25) is 5.82 Å². The molecule has 0 spiro atoms. The highest BCUT2D eigenvalue weighted by Gasteiger charge is 2.40. The first-order valence-corrected chi connectivity index (χ1v) is 8.35. The van der Waals surface area contributed by atoms with E-state index in [-0.39, 0.29) is 17.1 Å². The van der Waals surface area contributed by atoms with Crippen molar-refractivity contribution < 1.29 is 8.78 Å². The molecule has 1 aromatic carbocycles. The minimum Gasteiger partial charge on any atom is -0.309 e. The number of nitrogens with one attached hydrogen (secondary N) is 1. The van der Waals surface area contributed by atoms with Crippen molar-refractivity contribution in [1.29, 1.82) is 0 Å². The van der Waals surface area contributed by atoms with E-state index in [0.29, 0.717) is 23.1 Å². The fourth-order valence-corrected chi connectivity index (χ4v) is 3.12. The summed E-state index contributed by atoms with van der Waals surface area (Å²) in [7, 11) is 0. The van der Waals surface area contributed by atoms with E-state index >= 15 is 8.78 Å². The van der Waals surface area contributed by atoms with Gasteiger partial charge < -0.3 is 5.43 Å². The van der Waals surface area contributed by atoms with Gasteiger partial charge in [0.1, 0.15) is 0 Å². The molecule has 27 heavy (non-hydrogen) atoms. The van der Waals surface area contributed by atoms with Gasteiger partial charge in [-0.2, -0.15) is 23.5 Å². The van der Waals surface area contributed by atoms with Gasteiger partial charge in [-0.15, -0.1) is 10.2 Å². The van der Waals surface area contributed by atoms with Crippen LogP contribution in [0.4, 0.5) is 8.78 Å². The number of pyridine rings is 1. The molecule has 9 heteroatoms. The average molecular weight is 365 g/mol. The minimum atomic E-state index is -3.36. The second kappa shape index (κ2) is 5.76. The van der Waals surface area contributed by atoms with Gasteiger partial charge >= 0.3 is 5.92 Å². The van der Waals surface area contributed by atoms with E-state index in [1.54, 1.807) is 42.7 Å². The molecule has 5 rings (SSSR count). The highest BCUT2D eigenvalue weighted by atomic mass is 19.3. The fraction of sp³-hybridized carbons (Fsp3) is 0.167. The van der Waals surface area contributed by atoms with Gasteiger partial charge in [0.05, 0.1) is 17.1 Å². The summed E-state index contributed by atoms with van der Waals surface area (Å²) in [5.74, 6) is -3.97. The molecule has 1 N–H and O–H groups in total. The minimum absolute atomic E-state index is 0.0787. The summed E-state index contributed by atoms with van der Waals surface area (Å²) in [6.07, 6.45) is 3.32. The lowest BCUT2D eigenvalue weighted by Gasteiger charge is -2.15. The molecule has 0 radical (unpaired) electrons. The third-order valence-corrected chi connectivity index (χ3v) is 4.57. The molecule has 0 bridgehead atoms. The zero-order chi connectivity index (χ0) is 18.4. The molecule has 0 aliphatic carbocycles. The van der Waals surface area contributed by atoms with Crippen LogP contribution in [0.1, 0.15) is 23.0 Å². The molecule has 0 saturated heterocycles. The van der Waals surface area contributed by atoms with Gasteiger partial charge in [-0.3, -0.25) is 4.98 Å². The maximum absolute atomic E-state index is 15.3. The van der Waals surface area contributed by atoms with Crippen LogP contribution in [0.5, 0.6) is 0 Å². The second-order valence-corrected chi connectivity index (χ2v) is 6.28. The molecule has 7 nitrogen and oxygen atoms in total. The third kappa shape index (κ3) is 2.50. The van der Waals surface area contributed by atoms with Gasteiger partial charge in [-0.05, 0) is 30.3 Å². The number of hydrogen-bond donors (Lipinski definition) is 1. The lowest BCUT2D eigenvalue weighted by atomic mass is 10.0. The fourth-order valence-electron chi connectivity index (χ4n) is 3.12. The van der Waals surface area contributed by atoms with Crippen molar-refractivity contribution in [1.82, 2.24) is 30.2 Å². The van der Waals surface area contributed by atoms with Crippen LogP contribution < -0.4 is 5.43 Å². The van der Waals surface area contributed by atoms with Crippen molar-refractivity contribution >= 4 is 22.8 Å². The van der Waals surface area contributed by atoms with Gasteiger partial charge in [0.15, 0.2) is 5.65 Å². The highest BCUT2D eigenvalue weighted by Crippen LogP contribution is 2.35. The second-order valence-electron chi connectivity index (χ2n) is 6.28. The Labute approximate surface area is 151 Å². The number of nitrogens with zero attached hydrogens (tertiary/aromatic N) is 6. The van der Waals surface area contributed by atoms with E-state index in [1.165, 1.54) is 12.1 Å². The first-order chi connectivity index (χ1) is 13.1. The van der Waals surface area contributed by atoms with E-state index in [1.807, 2.05) is 0 Å². The van der Waals surface area contributed by atoms with Crippen molar-refractivity contribution in [3.05, 3.63) is 65.7 Å². The Hall–Kier alpha value is -3.49. The Morgan fingerprint density at radius 3 is 2.89 bits per heavy atom. The van der Waals surface area contributed by atoms with E-state index in [2.05, 4.69) is 30.8 Å². The lowest BCUT2D eigenvalue weighted by molar-refractivity contribution is 0.0307. The monoisotopic (exact) mass is 365 g/mol. The lowest BCUT2D eigenvalue weighted by Crippen LogP contribution is -2.21. The van der Waals surface area contributed by atoms with Crippen LogP contribution in [-0.2, 0) is 5.92 Å². The Morgan fingerprint density at radius 1 is 1.11 bits per heavy atom. The Morgan fingerprint density at radius 2 is 2.04 bits per heavy atom. The third-order valence-electron chi connectivity index (χ3n) is 4.57. The summed E-state index contributed by atoms with van der Waals surface area (Å²) in [6, 6.07) is 11.2. The molecule has 1 aliphatic heterocycles. The van der Waals surface area contributed by atoms with Crippen molar-refractivity contribution in [2.45, 2.75) is 11.8 Å². The summed E-state index contributed by atoms with van der Waals surface area (Å²) >= 11 is 0. The normalized spacial score (nSPS) is 16.9. The number of fused-ring (bicyclic) bond motifs is 2. The number of hydrazone groups is 1. The zero-order valence-electron chi connectivity index (χ0n) is 13.9. The number of benzene rings is 1. The molecule has 1 unspecified atom stereocenters. The van der Waals surface area contributed by atoms with E-state index in [4.69, 9.17) is 0 Å². The molecule has 1 aliphatic rings. The predicted molar refractivity (Wildman–Crippen MR) is 94.8 cm³/mol. The van der Waals surface area contributed by atoms with E-state index in [0.717, 1.165) is 4.52 Å². The molecule has 3 aromatic heterocycles. The Kier molecular flexibility index (Phi) is 3.36. The maximum Gasteiger partial charge on any atom is 0.333 e. The first kappa shape index (κ1) is 15.7. The predicted octanol–water partition coefficient (Wildman–Crippen LogP) is 2.49. The molecular formula is C18H13F2N7. The van der Waals surface area contributed by atoms with Gasteiger partial charge in [-0.1, -0.05) is 12.1 Å². The van der Waals surface area contributed by atoms with Crippen molar-refractivity contribution in [3.63, 3.8) is 0 Å². The zero-order valence-corrected chi connectivity index (χ0v) is 13.9. The van der Waals surface area contributed by atoms with Gasteiger partial charge in [0.25, 0.3) is 0 Å². The number of rotatable bonds is 3. The molecule has 0 saturated carbocycles. The summed E-state index contributed by atoms with van der Waals surface area (Å²) in [5, 5.41) is 16.5. The van der Waals surface area contributed by atoms with Crippen molar-refractivity contribution in [2.75, 3.05) is 6.54 Å².